The number of aromatic nitrogens is 1. The third-order valence-corrected chi connectivity index (χ3v) is 12.8. The topological polar surface area (TPSA) is 19.0 Å². The molecule has 0 amide bonds. The van der Waals surface area contributed by atoms with Crippen molar-refractivity contribution < 1.29 is 0 Å². The van der Waals surface area contributed by atoms with Crippen LogP contribution in [0, 0.1) is 0 Å². The largest absolute Gasteiger partial charge is 0.354 e. The van der Waals surface area contributed by atoms with Gasteiger partial charge in [-0.1, -0.05) is 167 Å². The van der Waals surface area contributed by atoms with Crippen LogP contribution in [0.25, 0.3) is 75.0 Å². The number of hydrogen-bond donors (Lipinski definition) is 1. The monoisotopic (exact) mass is 736 g/mol. The number of nitrogens with one attached hydrogen (secondary N) is 1. The van der Waals surface area contributed by atoms with Crippen LogP contribution in [0.2, 0.25) is 0 Å². The molecule has 1 aliphatic carbocycles. The number of allylic oxidation sites excluding steroid dienone is 2. The van der Waals surface area contributed by atoms with Crippen LogP contribution < -0.4 is 4.90 Å². The molecule has 1 N–H and O–H groups in total. The van der Waals surface area contributed by atoms with Crippen LogP contribution in [0.15, 0.2) is 189 Å². The van der Waals surface area contributed by atoms with Crippen LogP contribution in [-0.4, -0.2) is 4.98 Å². The third-order valence-electron chi connectivity index (χ3n) is 11.6. The van der Waals surface area contributed by atoms with Gasteiger partial charge in [-0.25, -0.2) is 0 Å². The molecule has 268 valence electrons. The van der Waals surface area contributed by atoms with Gasteiger partial charge in [0.05, 0.1) is 15.9 Å². The molecular formula is C53H40N2S. The smallest absolute Gasteiger partial charge is 0.0640 e. The number of hydrogen-bond acceptors (Lipinski definition) is 2. The molecular weight excluding hydrogens is 697 g/mol. The highest BCUT2D eigenvalue weighted by Gasteiger charge is 2.36. The molecule has 0 spiro atoms. The second-order valence-corrected chi connectivity index (χ2v) is 16.1. The lowest BCUT2D eigenvalue weighted by Gasteiger charge is -2.28. The number of benzene rings is 8. The molecule has 0 radical (unpaired) electrons. The summed E-state index contributed by atoms with van der Waals surface area (Å²) in [6, 6.07) is 60.3. The maximum Gasteiger partial charge on any atom is 0.0640 e. The molecule has 8 aromatic carbocycles. The number of aromatic amines is 1. The number of rotatable bonds is 5. The van der Waals surface area contributed by atoms with Crippen LogP contribution in [0.3, 0.4) is 0 Å². The number of nitrogens with zero attached hydrogens (tertiary/aromatic N) is 1. The van der Waals surface area contributed by atoms with Gasteiger partial charge in [-0.2, -0.15) is 0 Å². The quantitative estimate of drug-likeness (QED) is 0.174. The molecule has 1 aliphatic rings. The lowest BCUT2D eigenvalue weighted by molar-refractivity contribution is 0.660. The summed E-state index contributed by atoms with van der Waals surface area (Å²) in [5.74, 6) is 0. The van der Waals surface area contributed by atoms with Crippen LogP contribution in [0.4, 0.5) is 17.1 Å². The first-order valence-corrected chi connectivity index (χ1v) is 20.0. The Kier molecular flexibility index (Phi) is 8.02. The highest BCUT2D eigenvalue weighted by Crippen LogP contribution is 2.53. The van der Waals surface area contributed by atoms with Gasteiger partial charge in [-0.3, -0.25) is 0 Å². The van der Waals surface area contributed by atoms with E-state index in [1.54, 1.807) is 12.2 Å². The minimum absolute atomic E-state index is 0.103. The van der Waals surface area contributed by atoms with Crippen molar-refractivity contribution in [2.24, 2.45) is 0 Å². The summed E-state index contributed by atoms with van der Waals surface area (Å²) in [6.07, 6.45) is 3.28. The molecule has 0 saturated heterocycles. The van der Waals surface area contributed by atoms with Crippen LogP contribution in [-0.2, 0) is 5.41 Å². The van der Waals surface area contributed by atoms with Crippen molar-refractivity contribution in [3.8, 4) is 22.3 Å². The summed E-state index contributed by atoms with van der Waals surface area (Å²) in [6.45, 7) is 11.5. The van der Waals surface area contributed by atoms with Gasteiger partial charge in [0.25, 0.3) is 0 Å². The molecule has 0 aliphatic heterocycles. The van der Waals surface area contributed by atoms with Gasteiger partial charge < -0.3 is 9.88 Å². The Morgan fingerprint density at radius 1 is 0.518 bits per heavy atom. The van der Waals surface area contributed by atoms with E-state index in [0.29, 0.717) is 0 Å². The van der Waals surface area contributed by atoms with Crippen LogP contribution in [0.5, 0.6) is 0 Å². The molecule has 3 heteroatoms. The first kappa shape index (κ1) is 33.9. The van der Waals surface area contributed by atoms with E-state index in [9.17, 15) is 0 Å². The summed E-state index contributed by atoms with van der Waals surface area (Å²) < 4.78 is 2.62. The minimum Gasteiger partial charge on any atom is -0.354 e. The Labute approximate surface area is 331 Å². The fraction of sp³-hybridized carbons (Fsp3) is 0.0566. The van der Waals surface area contributed by atoms with Crippen molar-refractivity contribution in [1.29, 1.82) is 0 Å². The molecule has 2 heterocycles. The van der Waals surface area contributed by atoms with Gasteiger partial charge in [0.15, 0.2) is 0 Å². The van der Waals surface area contributed by atoms with Gasteiger partial charge in [-0.15, -0.1) is 11.3 Å². The number of para-hydroxylation sites is 1. The van der Waals surface area contributed by atoms with E-state index in [-0.39, 0.29) is 5.41 Å². The summed E-state index contributed by atoms with van der Waals surface area (Å²) in [4.78, 5) is 6.30. The van der Waals surface area contributed by atoms with E-state index in [1.165, 1.54) is 97.5 Å². The fourth-order valence-electron chi connectivity index (χ4n) is 8.91. The Balaban J connectivity index is 0.000000919. The minimum atomic E-state index is -0.103. The normalized spacial score (nSPS) is 12.8. The zero-order valence-electron chi connectivity index (χ0n) is 31.5. The zero-order chi connectivity index (χ0) is 38.0. The first-order chi connectivity index (χ1) is 27.5. The third kappa shape index (κ3) is 5.16. The summed E-state index contributed by atoms with van der Waals surface area (Å²) in [5, 5.41) is 7.76. The predicted molar refractivity (Wildman–Crippen MR) is 244 cm³/mol. The number of anilines is 3. The molecule has 0 atom stereocenters. The molecule has 11 rings (SSSR count). The van der Waals surface area contributed by atoms with Gasteiger partial charge in [0, 0.05) is 59.3 Å². The predicted octanol–water partition coefficient (Wildman–Crippen LogP) is 15.6. The highest BCUT2D eigenvalue weighted by molar-refractivity contribution is 7.27. The Morgan fingerprint density at radius 3 is 1.93 bits per heavy atom. The van der Waals surface area contributed by atoms with Crippen LogP contribution in [0.1, 0.15) is 25.0 Å². The number of fused-ring (bicyclic) bond motifs is 13. The van der Waals surface area contributed by atoms with Crippen LogP contribution >= 0.6 is 11.3 Å². The standard InChI is InChI=1S/C49H34N2S.C4H6/c1-49(2)40-20-10-8-15-34(40)35-28-27-33(29-41(35)49)51(32-25-23-31(24-26-32)30-13-4-3-5-14-30)43-22-12-19-39-45-44-38-18-9-11-21-42(38)50-46(44)36-16-6-7-17-37(36)48(45)52-47(39)43;1-3-4-2/h3-29,50H,1-2H3;3-4H,1-2H2. The molecule has 10 aromatic rings. The molecule has 0 bridgehead atoms. The number of H-pyrrole nitrogens is 1. The summed E-state index contributed by atoms with van der Waals surface area (Å²) >= 11 is 1.92. The lowest BCUT2D eigenvalue weighted by atomic mass is 9.82. The number of thiophene rings is 1. The van der Waals surface area contributed by atoms with E-state index in [4.69, 9.17) is 0 Å². The second-order valence-electron chi connectivity index (χ2n) is 15.0. The molecule has 2 aromatic heterocycles. The van der Waals surface area contributed by atoms with E-state index >= 15 is 0 Å². The Morgan fingerprint density at radius 2 is 1.14 bits per heavy atom. The first-order valence-electron chi connectivity index (χ1n) is 19.2. The van der Waals surface area contributed by atoms with Crippen molar-refractivity contribution in [1.82, 2.24) is 4.98 Å². The maximum atomic E-state index is 3.81. The van der Waals surface area contributed by atoms with Crippen molar-refractivity contribution in [2.75, 3.05) is 4.90 Å². The average Bonchev–Trinajstić information content (AvgIpc) is 3.90. The molecule has 0 fully saturated rings. The average molecular weight is 737 g/mol. The summed E-state index contributed by atoms with van der Waals surface area (Å²) in [5.41, 5.74) is 13.6. The Bertz CT molecular complexity index is 3140. The van der Waals surface area contributed by atoms with Gasteiger partial charge in [-0.05, 0) is 69.8 Å². The molecule has 0 unspecified atom stereocenters. The molecule has 56 heavy (non-hydrogen) atoms. The fourth-order valence-corrected chi connectivity index (χ4v) is 10.3. The van der Waals surface area contributed by atoms with E-state index in [1.807, 2.05) is 11.3 Å². The van der Waals surface area contributed by atoms with Gasteiger partial charge in [0.2, 0.25) is 0 Å². The summed E-state index contributed by atoms with van der Waals surface area (Å²) in [7, 11) is 0. The highest BCUT2D eigenvalue weighted by atomic mass is 32.1. The Hall–Kier alpha value is -6.68. The van der Waals surface area contributed by atoms with E-state index < -0.39 is 0 Å². The van der Waals surface area contributed by atoms with Crippen molar-refractivity contribution in [3.05, 3.63) is 200 Å². The van der Waals surface area contributed by atoms with Crippen molar-refractivity contribution in [3.63, 3.8) is 0 Å². The van der Waals surface area contributed by atoms with Crippen molar-refractivity contribution in [2.45, 2.75) is 19.3 Å². The zero-order valence-corrected chi connectivity index (χ0v) is 32.3. The molecule has 0 saturated carbocycles. The van der Waals surface area contributed by atoms with Crippen molar-refractivity contribution >= 4 is 81.1 Å². The second kappa shape index (κ2) is 13.3. The SMILES string of the molecule is C=CC=C.CC1(C)c2ccccc2-c2ccc(N(c3ccc(-c4ccccc4)cc3)c3cccc4c3sc3c5ccccc5c5[nH]c6ccccc6c5c43)cc21. The van der Waals surface area contributed by atoms with Gasteiger partial charge in [0.1, 0.15) is 0 Å². The lowest BCUT2D eigenvalue weighted by Crippen LogP contribution is -2.16. The maximum absolute atomic E-state index is 3.81. The van der Waals surface area contributed by atoms with Gasteiger partial charge >= 0.3 is 0 Å². The van der Waals surface area contributed by atoms with E-state index in [0.717, 1.165) is 5.69 Å². The van der Waals surface area contributed by atoms with E-state index in [2.05, 4.69) is 201 Å². The molecule has 2 nitrogen and oxygen atoms in total.